The normalized spacial score (nSPS) is 12.1. The van der Waals surface area contributed by atoms with E-state index in [-0.39, 0.29) is 67.9 Å². The SMILES string of the molecule is C[N+](C)(C)CCCOc1ccc(-c2c3nc(c(-c4ccc(OCCC[N+](C)(C)C)cc4)c4ccc([nH]4)c(-c4ccc(OCCC[N+](C)(C)C)cc4)c4nc(c(-c5ccc(OCCC[N+](C)(C)C)cc5)c5ccc2[nH]5)C=C4)C=C3)cc1.[Br-].[Br-].[Br-].[Br-]. The molecule has 0 amide bonds. The van der Waals surface area contributed by atoms with Crippen molar-refractivity contribution < 1.29 is 105 Å². The molecule has 2 aliphatic rings. The molecule has 2 aliphatic heterocycles. The van der Waals surface area contributed by atoms with E-state index in [0.29, 0.717) is 26.4 Å². The van der Waals surface area contributed by atoms with Crippen LogP contribution in [0.5, 0.6) is 23.0 Å². The fraction of sp³-hybridized carbons (Fsp3) is 0.353. The molecular weight excluding hydrogens is 1310 g/mol. The van der Waals surface area contributed by atoms with Gasteiger partial charge in [0, 0.05) is 70.0 Å². The predicted molar refractivity (Wildman–Crippen MR) is 333 cm³/mol. The van der Waals surface area contributed by atoms with Crippen LogP contribution in [-0.2, 0) is 0 Å². The van der Waals surface area contributed by atoms with Gasteiger partial charge >= 0.3 is 0 Å². The van der Waals surface area contributed by atoms with Gasteiger partial charge in [-0.25, -0.2) is 9.97 Å². The number of hydrogen-bond donors (Lipinski definition) is 2. The van der Waals surface area contributed by atoms with E-state index in [1.54, 1.807) is 0 Å². The van der Waals surface area contributed by atoms with Gasteiger partial charge in [0.05, 0.1) is 160 Å². The summed E-state index contributed by atoms with van der Waals surface area (Å²) in [6, 6.07) is 42.5. The number of aromatic nitrogens is 4. The minimum atomic E-state index is 0. The fourth-order valence-corrected chi connectivity index (χ4v) is 10.2. The van der Waals surface area contributed by atoms with Gasteiger partial charge in [-0.05, 0) is 119 Å². The topological polar surface area (TPSA) is 94.3 Å². The monoisotopic (exact) mass is 1390 g/mol. The van der Waals surface area contributed by atoms with Gasteiger partial charge in [0.15, 0.2) is 0 Å². The zero-order valence-corrected chi connectivity index (χ0v) is 57.5. The highest BCUT2D eigenvalue weighted by Gasteiger charge is 2.21. The largest absolute Gasteiger partial charge is 1.00 e. The van der Waals surface area contributed by atoms with E-state index in [1.807, 2.05) is 0 Å². The maximum absolute atomic E-state index is 6.29. The molecule has 0 unspecified atom stereocenters. The Morgan fingerprint density at radius 3 is 0.655 bits per heavy atom. The van der Waals surface area contributed by atoms with Crippen molar-refractivity contribution in [1.82, 2.24) is 19.9 Å². The Labute approximate surface area is 541 Å². The average Bonchev–Trinajstić information content (AvgIpc) is 4.26. The molecule has 0 saturated carbocycles. The Morgan fingerprint density at radius 2 is 0.476 bits per heavy atom. The highest BCUT2D eigenvalue weighted by atomic mass is 79.9. The van der Waals surface area contributed by atoms with Crippen molar-refractivity contribution >= 4 is 46.4 Å². The lowest BCUT2D eigenvalue weighted by molar-refractivity contribution is -0.870. The standard InChI is InChI=1S/C68H86N8O4.4BrH/c1-73(2,3)41-13-45-77-53-25-17-49(18-26-53)65-57-33-35-59(69-57)66(50-19-27-54(28-20-50)78-46-14-42-74(4,5)6)61-37-39-63(71-61)68(52-23-31-56(32-24-52)80-48-16-44-76(10,11)12)64-40-38-62(72-64)67(60-36-34-58(65)70-60)51-21-29-55(30-22-51)79-47-15-43-75(7,8)9;;;;/h17-40,69,72H,13-16,41-48H2,1-12H3;4*1H/q+4;;;;/p-4. The number of nitrogens with zero attached hydrogens (tertiary/aromatic N) is 6. The van der Waals surface area contributed by atoms with E-state index < -0.39 is 0 Å². The summed E-state index contributed by atoms with van der Waals surface area (Å²) in [6.07, 6.45) is 12.4. The molecule has 16 heteroatoms. The van der Waals surface area contributed by atoms with Gasteiger partial charge in [0.2, 0.25) is 0 Å². The van der Waals surface area contributed by atoms with Crippen LogP contribution >= 0.6 is 0 Å². The Bertz CT molecular complexity index is 3030. The van der Waals surface area contributed by atoms with Crippen LogP contribution in [0.1, 0.15) is 48.5 Å². The van der Waals surface area contributed by atoms with Crippen LogP contribution in [0.15, 0.2) is 121 Å². The number of fused-ring (bicyclic) bond motifs is 8. The molecule has 5 heterocycles. The van der Waals surface area contributed by atoms with Gasteiger partial charge in [-0.2, -0.15) is 0 Å². The van der Waals surface area contributed by atoms with Crippen LogP contribution in [0.2, 0.25) is 0 Å². The molecule has 0 fully saturated rings. The third-order valence-electron chi connectivity index (χ3n) is 14.3. The molecule has 0 saturated heterocycles. The summed E-state index contributed by atoms with van der Waals surface area (Å²) in [7, 11) is 26.5. The highest BCUT2D eigenvalue weighted by molar-refractivity contribution is 6.00. The number of ether oxygens (including phenoxy) is 4. The summed E-state index contributed by atoms with van der Waals surface area (Å²) in [5, 5.41) is 0. The first-order valence-corrected chi connectivity index (χ1v) is 28.4. The summed E-state index contributed by atoms with van der Waals surface area (Å²) in [5.74, 6) is 3.36. The van der Waals surface area contributed by atoms with Crippen LogP contribution in [0.25, 0.3) is 90.9 Å². The van der Waals surface area contributed by atoms with E-state index in [1.165, 1.54) is 0 Å². The average molecular weight is 1400 g/mol. The molecule has 4 aromatic carbocycles. The van der Waals surface area contributed by atoms with Crippen LogP contribution in [-0.4, -0.2) is 175 Å². The second-order valence-corrected chi connectivity index (χ2v) is 25.5. The van der Waals surface area contributed by atoms with Gasteiger partial charge < -0.3 is 115 Å². The predicted octanol–water partition coefficient (Wildman–Crippen LogP) is 1.24. The van der Waals surface area contributed by atoms with E-state index in [9.17, 15) is 0 Å². The smallest absolute Gasteiger partial charge is 0.119 e. The van der Waals surface area contributed by atoms with Crippen molar-refractivity contribution in [2.75, 3.05) is 137 Å². The molecular formula is C68H86Br4N8O4. The summed E-state index contributed by atoms with van der Waals surface area (Å²) < 4.78 is 28.8. The third-order valence-corrected chi connectivity index (χ3v) is 14.3. The summed E-state index contributed by atoms with van der Waals surface area (Å²) in [6.45, 7) is 6.74. The van der Waals surface area contributed by atoms with Crippen molar-refractivity contribution in [3.05, 3.63) is 144 Å². The highest BCUT2D eigenvalue weighted by Crippen LogP contribution is 2.40. The second kappa shape index (κ2) is 30.2. The number of quaternary nitrogens is 4. The van der Waals surface area contributed by atoms with Gasteiger partial charge in [0.25, 0.3) is 0 Å². The molecule has 0 atom stereocenters. The molecule has 0 spiro atoms. The van der Waals surface area contributed by atoms with Crippen LogP contribution in [0, 0.1) is 0 Å². The van der Waals surface area contributed by atoms with E-state index in [2.05, 4.69) is 240 Å². The molecule has 7 aromatic rings. The lowest BCUT2D eigenvalue weighted by Gasteiger charge is -2.23. The Balaban J connectivity index is 0.00000323. The lowest BCUT2D eigenvalue weighted by atomic mass is 10.0. The summed E-state index contributed by atoms with van der Waals surface area (Å²) in [4.78, 5) is 19.0. The molecule has 8 bridgehead atoms. The van der Waals surface area contributed by atoms with Gasteiger partial charge in [-0.3, -0.25) is 0 Å². The first-order chi connectivity index (χ1) is 38.1. The van der Waals surface area contributed by atoms with Gasteiger partial charge in [-0.15, -0.1) is 0 Å². The van der Waals surface area contributed by atoms with Crippen LogP contribution in [0.4, 0.5) is 0 Å². The van der Waals surface area contributed by atoms with Crippen molar-refractivity contribution in [3.63, 3.8) is 0 Å². The number of benzene rings is 4. The third kappa shape index (κ3) is 19.2. The number of H-pyrrole nitrogens is 2. The Hall–Kier alpha value is -5.56. The van der Waals surface area contributed by atoms with Gasteiger partial charge in [-0.1, -0.05) is 48.5 Å². The van der Waals surface area contributed by atoms with Crippen molar-refractivity contribution in [2.24, 2.45) is 0 Å². The van der Waals surface area contributed by atoms with Crippen molar-refractivity contribution in [2.45, 2.75) is 25.7 Å². The molecule has 0 radical (unpaired) electrons. The number of halogens is 4. The molecule has 84 heavy (non-hydrogen) atoms. The maximum Gasteiger partial charge on any atom is 0.119 e. The molecule has 12 nitrogen and oxygen atoms in total. The first-order valence-electron chi connectivity index (χ1n) is 28.4. The zero-order chi connectivity index (χ0) is 56.7. The molecule has 2 N–H and O–H groups in total. The van der Waals surface area contributed by atoms with Crippen molar-refractivity contribution in [1.29, 1.82) is 0 Å². The maximum atomic E-state index is 6.29. The second-order valence-electron chi connectivity index (χ2n) is 25.5. The minimum Gasteiger partial charge on any atom is -1.00 e. The van der Waals surface area contributed by atoms with E-state index in [4.69, 9.17) is 28.9 Å². The number of hydrogen-bond acceptors (Lipinski definition) is 6. The van der Waals surface area contributed by atoms with Crippen LogP contribution in [0.3, 0.4) is 0 Å². The number of nitrogens with one attached hydrogen (secondary N) is 2. The first kappa shape index (κ1) is 69.2. The van der Waals surface area contributed by atoms with Crippen LogP contribution < -0.4 is 86.9 Å². The fourth-order valence-electron chi connectivity index (χ4n) is 10.2. The van der Waals surface area contributed by atoms with E-state index in [0.717, 1.165) is 182 Å². The molecule has 450 valence electrons. The molecule has 3 aromatic heterocycles. The minimum absolute atomic E-state index is 0. The lowest BCUT2D eigenvalue weighted by Crippen LogP contribution is -3.00. The number of aromatic amines is 2. The number of rotatable bonds is 24. The Kier molecular flexibility index (Phi) is 24.9. The molecule has 0 aliphatic carbocycles. The summed E-state index contributed by atoms with van der Waals surface area (Å²) >= 11 is 0. The van der Waals surface area contributed by atoms with E-state index >= 15 is 0 Å². The quantitative estimate of drug-likeness (QED) is 0.0700. The van der Waals surface area contributed by atoms with Gasteiger partial charge in [0.1, 0.15) is 23.0 Å². The zero-order valence-electron chi connectivity index (χ0n) is 51.2. The summed E-state index contributed by atoms with van der Waals surface area (Å²) in [5.41, 5.74) is 15.0. The molecule has 9 rings (SSSR count). The van der Waals surface area contributed by atoms with Crippen molar-refractivity contribution in [3.8, 4) is 67.5 Å². The Morgan fingerprint density at radius 1 is 0.286 bits per heavy atom.